The first-order valence-corrected chi connectivity index (χ1v) is 6.40. The highest BCUT2D eigenvalue weighted by molar-refractivity contribution is 6.61. The van der Waals surface area contributed by atoms with Crippen LogP contribution in [0.1, 0.15) is 12.8 Å². The number of rotatable bonds is 7. The van der Waals surface area contributed by atoms with Crippen LogP contribution in [0.2, 0.25) is 0 Å². The van der Waals surface area contributed by atoms with Gasteiger partial charge in [-0.1, -0.05) is 0 Å². The molecule has 0 spiro atoms. The zero-order valence-corrected chi connectivity index (χ0v) is 10.0. The van der Waals surface area contributed by atoms with Gasteiger partial charge in [-0.3, -0.25) is 0 Å². The van der Waals surface area contributed by atoms with Gasteiger partial charge in [-0.2, -0.15) is 0 Å². The fourth-order valence-electron chi connectivity index (χ4n) is 1.11. The lowest BCUT2D eigenvalue weighted by atomic mass is 10.4. The minimum atomic E-state index is -2.86. The smallest absolute Gasteiger partial charge is 0.389 e. The molecule has 0 radical (unpaired) electrons. The standard InChI is InChI=1S/C7H17ClO4Si/c1-10-13(11-2,12-3)7(9)5-4-6-8/h7,9H,4-6H2,1-3H3. The first-order chi connectivity index (χ1) is 6.16. The molecule has 0 aliphatic rings. The molecule has 0 saturated heterocycles. The van der Waals surface area contributed by atoms with Crippen LogP contribution in [0.4, 0.5) is 0 Å². The SMILES string of the molecule is CO[Si](OC)(OC)C(O)CCCCl. The molecule has 0 aliphatic heterocycles. The van der Waals surface area contributed by atoms with Gasteiger partial charge in [0.2, 0.25) is 0 Å². The van der Waals surface area contributed by atoms with Crippen molar-refractivity contribution in [2.45, 2.75) is 18.6 Å². The van der Waals surface area contributed by atoms with Crippen molar-refractivity contribution in [3.05, 3.63) is 0 Å². The highest BCUT2D eigenvalue weighted by Crippen LogP contribution is 2.16. The maximum absolute atomic E-state index is 9.72. The second kappa shape index (κ2) is 6.75. The van der Waals surface area contributed by atoms with Crippen molar-refractivity contribution in [1.82, 2.24) is 0 Å². The van der Waals surface area contributed by atoms with Crippen LogP contribution < -0.4 is 0 Å². The topological polar surface area (TPSA) is 47.9 Å². The Bertz CT molecular complexity index is 123. The van der Waals surface area contributed by atoms with Gasteiger partial charge in [-0.05, 0) is 12.8 Å². The van der Waals surface area contributed by atoms with Gasteiger partial charge >= 0.3 is 8.80 Å². The molecule has 0 fully saturated rings. The monoisotopic (exact) mass is 228 g/mol. The molecule has 0 bridgehead atoms. The lowest BCUT2D eigenvalue weighted by molar-refractivity contribution is 0.0553. The van der Waals surface area contributed by atoms with Gasteiger partial charge < -0.3 is 18.4 Å². The summed E-state index contributed by atoms with van der Waals surface area (Å²) in [6.07, 6.45) is 1.25. The van der Waals surface area contributed by atoms with Crippen molar-refractivity contribution in [3.63, 3.8) is 0 Å². The molecule has 1 N–H and O–H groups in total. The van der Waals surface area contributed by atoms with E-state index in [4.69, 9.17) is 24.9 Å². The first-order valence-electron chi connectivity index (χ1n) is 4.06. The highest BCUT2D eigenvalue weighted by atomic mass is 35.5. The van der Waals surface area contributed by atoms with Crippen molar-refractivity contribution in [2.24, 2.45) is 0 Å². The van der Waals surface area contributed by atoms with Crippen molar-refractivity contribution in [2.75, 3.05) is 27.2 Å². The Balaban J connectivity index is 4.17. The second-order valence-electron chi connectivity index (χ2n) is 2.56. The fraction of sp³-hybridized carbons (Fsp3) is 1.00. The van der Waals surface area contributed by atoms with E-state index in [1.165, 1.54) is 21.3 Å². The molecule has 1 atom stereocenters. The zero-order chi connectivity index (χ0) is 10.3. The Morgan fingerprint density at radius 2 is 1.69 bits per heavy atom. The summed E-state index contributed by atoms with van der Waals surface area (Å²) in [7, 11) is 1.56. The molecule has 0 aromatic heterocycles. The molecular weight excluding hydrogens is 212 g/mol. The van der Waals surface area contributed by atoms with Crippen LogP contribution in [0.25, 0.3) is 0 Å². The Morgan fingerprint density at radius 3 is 2.00 bits per heavy atom. The molecule has 1 unspecified atom stereocenters. The average Bonchev–Trinajstić information content (AvgIpc) is 2.18. The molecule has 0 aromatic carbocycles. The lowest BCUT2D eigenvalue weighted by Crippen LogP contribution is -2.54. The third kappa shape index (κ3) is 3.53. The summed E-state index contributed by atoms with van der Waals surface area (Å²) in [4.78, 5) is 0. The van der Waals surface area contributed by atoms with E-state index < -0.39 is 14.5 Å². The second-order valence-corrected chi connectivity index (χ2v) is 6.04. The third-order valence-electron chi connectivity index (χ3n) is 1.87. The van der Waals surface area contributed by atoms with Crippen LogP contribution in [0.15, 0.2) is 0 Å². The molecule has 0 heterocycles. The van der Waals surface area contributed by atoms with Crippen LogP contribution in [0.5, 0.6) is 0 Å². The predicted molar refractivity (Wildman–Crippen MR) is 52.7 cm³/mol. The molecular formula is C7H17ClO4Si. The molecule has 0 amide bonds. The van der Waals surface area contributed by atoms with E-state index in [0.717, 1.165) is 0 Å². The summed E-state index contributed by atoms with van der Waals surface area (Å²) < 4.78 is 15.3. The van der Waals surface area contributed by atoms with Crippen LogP contribution >= 0.6 is 11.6 Å². The molecule has 0 aliphatic carbocycles. The Hall–Kier alpha value is 0.347. The Kier molecular flexibility index (Phi) is 6.93. The summed E-state index contributed by atoms with van der Waals surface area (Å²) in [5, 5.41) is 9.72. The molecule has 6 heteroatoms. The van der Waals surface area contributed by atoms with E-state index in [1.807, 2.05) is 0 Å². The van der Waals surface area contributed by atoms with Gasteiger partial charge in [0, 0.05) is 27.2 Å². The maximum atomic E-state index is 9.72. The highest BCUT2D eigenvalue weighted by Gasteiger charge is 2.46. The summed E-state index contributed by atoms with van der Waals surface area (Å²) in [5.41, 5.74) is -0.703. The van der Waals surface area contributed by atoms with Gasteiger partial charge in [-0.25, -0.2) is 0 Å². The van der Waals surface area contributed by atoms with Crippen LogP contribution in [0.3, 0.4) is 0 Å². The molecule has 0 rings (SSSR count). The quantitative estimate of drug-likeness (QED) is 0.517. The summed E-state index contributed by atoms with van der Waals surface area (Å²) in [5.74, 6) is 0.513. The number of hydrogen-bond acceptors (Lipinski definition) is 4. The van der Waals surface area contributed by atoms with Crippen molar-refractivity contribution in [1.29, 1.82) is 0 Å². The van der Waals surface area contributed by atoms with E-state index in [2.05, 4.69) is 0 Å². The number of aliphatic hydroxyl groups is 1. The zero-order valence-electron chi connectivity index (χ0n) is 8.25. The van der Waals surface area contributed by atoms with E-state index >= 15 is 0 Å². The van der Waals surface area contributed by atoms with E-state index in [9.17, 15) is 5.11 Å². The minimum Gasteiger partial charge on any atom is -0.389 e. The molecule has 13 heavy (non-hydrogen) atoms. The van der Waals surface area contributed by atoms with Crippen LogP contribution in [-0.2, 0) is 13.3 Å². The van der Waals surface area contributed by atoms with Gasteiger partial charge in [0.15, 0.2) is 0 Å². The predicted octanol–water partition coefficient (Wildman–Crippen LogP) is 0.784. The number of aliphatic hydroxyl groups excluding tert-OH is 1. The first kappa shape index (κ1) is 13.3. The summed E-state index contributed by atoms with van der Waals surface area (Å²) in [6, 6.07) is 0. The Labute approximate surface area is 85.1 Å². The van der Waals surface area contributed by atoms with Crippen LogP contribution in [0, 0.1) is 0 Å². The molecule has 4 nitrogen and oxygen atoms in total. The number of alkyl halides is 1. The number of hydrogen-bond donors (Lipinski definition) is 1. The van der Waals surface area contributed by atoms with Gasteiger partial charge in [0.25, 0.3) is 0 Å². The van der Waals surface area contributed by atoms with E-state index in [0.29, 0.717) is 18.7 Å². The summed E-state index contributed by atoms with van der Waals surface area (Å²) >= 11 is 5.51. The molecule has 0 saturated carbocycles. The van der Waals surface area contributed by atoms with E-state index in [-0.39, 0.29) is 0 Å². The Morgan fingerprint density at radius 1 is 1.23 bits per heavy atom. The summed E-state index contributed by atoms with van der Waals surface area (Å²) in [6.45, 7) is 0. The lowest BCUT2D eigenvalue weighted by Gasteiger charge is -2.28. The number of halogens is 1. The fourth-order valence-corrected chi connectivity index (χ4v) is 3.13. The van der Waals surface area contributed by atoms with Gasteiger partial charge in [0.05, 0.1) is 0 Å². The van der Waals surface area contributed by atoms with Crippen LogP contribution in [-0.4, -0.2) is 46.8 Å². The van der Waals surface area contributed by atoms with Gasteiger partial charge in [0.1, 0.15) is 5.73 Å². The molecule has 80 valence electrons. The normalized spacial score (nSPS) is 14.5. The van der Waals surface area contributed by atoms with Crippen molar-refractivity contribution >= 4 is 20.4 Å². The average molecular weight is 229 g/mol. The van der Waals surface area contributed by atoms with E-state index in [1.54, 1.807) is 0 Å². The molecule has 0 aromatic rings. The minimum absolute atomic E-state index is 0.513. The van der Waals surface area contributed by atoms with Crippen molar-refractivity contribution in [3.8, 4) is 0 Å². The third-order valence-corrected chi connectivity index (χ3v) is 4.95. The maximum Gasteiger partial charge on any atom is 0.530 e. The van der Waals surface area contributed by atoms with Gasteiger partial charge in [-0.15, -0.1) is 11.6 Å². The largest absolute Gasteiger partial charge is 0.530 e. The van der Waals surface area contributed by atoms with Crippen molar-refractivity contribution < 1.29 is 18.4 Å².